The first kappa shape index (κ1) is 23.2. The molecule has 0 radical (unpaired) electrons. The number of benzene rings is 2. The second-order valence-electron chi connectivity index (χ2n) is 7.15. The van der Waals surface area contributed by atoms with Crippen LogP contribution in [0.1, 0.15) is 36.4 Å². The van der Waals surface area contributed by atoms with E-state index in [1.165, 1.54) is 11.8 Å². The van der Waals surface area contributed by atoms with Crippen LogP contribution >= 0.6 is 23.4 Å². The van der Waals surface area contributed by atoms with Crippen LogP contribution in [-0.4, -0.2) is 26.4 Å². The molecule has 0 atom stereocenters. The summed E-state index contributed by atoms with van der Waals surface area (Å²) in [4.78, 5) is 12.4. The van der Waals surface area contributed by atoms with Gasteiger partial charge in [0.2, 0.25) is 5.91 Å². The molecule has 6 nitrogen and oxygen atoms in total. The summed E-state index contributed by atoms with van der Waals surface area (Å²) in [5, 5.41) is 13.0. The van der Waals surface area contributed by atoms with Crippen molar-refractivity contribution < 1.29 is 9.53 Å². The van der Waals surface area contributed by atoms with Gasteiger partial charge in [-0.15, -0.1) is 10.2 Å². The molecule has 1 amide bonds. The van der Waals surface area contributed by atoms with Gasteiger partial charge in [-0.2, -0.15) is 0 Å². The minimum Gasteiger partial charge on any atom is -0.486 e. The van der Waals surface area contributed by atoms with E-state index < -0.39 is 0 Å². The molecule has 8 heteroatoms. The second kappa shape index (κ2) is 10.7. The van der Waals surface area contributed by atoms with Gasteiger partial charge in [-0.05, 0) is 62.1 Å². The number of nitrogens with one attached hydrogen (secondary N) is 1. The molecule has 3 rings (SSSR count). The van der Waals surface area contributed by atoms with Gasteiger partial charge in [-0.3, -0.25) is 4.79 Å². The molecule has 0 fully saturated rings. The Bertz CT molecular complexity index is 1040. The number of rotatable bonds is 9. The van der Waals surface area contributed by atoms with E-state index in [1.807, 2.05) is 61.7 Å². The van der Waals surface area contributed by atoms with Gasteiger partial charge in [0.1, 0.15) is 12.4 Å². The largest absolute Gasteiger partial charge is 0.486 e. The molecule has 31 heavy (non-hydrogen) atoms. The van der Waals surface area contributed by atoms with Crippen molar-refractivity contribution in [2.75, 3.05) is 11.1 Å². The fourth-order valence-corrected chi connectivity index (χ4v) is 4.18. The number of thioether (sulfide) groups is 1. The van der Waals surface area contributed by atoms with Gasteiger partial charge in [-0.25, -0.2) is 0 Å². The number of amides is 1. The summed E-state index contributed by atoms with van der Waals surface area (Å²) in [6.45, 7) is 8.97. The Labute approximate surface area is 192 Å². The van der Waals surface area contributed by atoms with E-state index in [0.29, 0.717) is 17.5 Å². The van der Waals surface area contributed by atoms with Crippen LogP contribution in [0.2, 0.25) is 5.02 Å². The SMILES string of the molecule is CCc1ccccc1NC(=O)CSc1nnc(COc2cc(C)c(Cl)c(C)c2)n1CC. The second-order valence-corrected chi connectivity index (χ2v) is 8.47. The Hall–Kier alpha value is -2.51. The molecule has 0 aliphatic heterocycles. The fraction of sp³-hybridized carbons (Fsp3) is 0.348. The maximum Gasteiger partial charge on any atom is 0.234 e. The number of hydrogen-bond donors (Lipinski definition) is 1. The van der Waals surface area contributed by atoms with Gasteiger partial charge < -0.3 is 14.6 Å². The monoisotopic (exact) mass is 458 g/mol. The van der Waals surface area contributed by atoms with Gasteiger partial charge in [0.25, 0.3) is 0 Å². The van der Waals surface area contributed by atoms with Crippen molar-refractivity contribution >= 4 is 35.0 Å². The van der Waals surface area contributed by atoms with Gasteiger partial charge in [-0.1, -0.05) is 48.5 Å². The maximum atomic E-state index is 12.4. The van der Waals surface area contributed by atoms with E-state index in [0.717, 1.165) is 39.6 Å². The molecule has 0 unspecified atom stereocenters. The summed E-state index contributed by atoms with van der Waals surface area (Å²) in [5.41, 5.74) is 3.92. The van der Waals surface area contributed by atoms with Crippen LogP contribution in [0, 0.1) is 13.8 Å². The zero-order valence-electron chi connectivity index (χ0n) is 18.2. The van der Waals surface area contributed by atoms with E-state index >= 15 is 0 Å². The molecule has 0 saturated heterocycles. The minimum absolute atomic E-state index is 0.0681. The molecule has 164 valence electrons. The molecule has 0 saturated carbocycles. The first-order valence-electron chi connectivity index (χ1n) is 10.2. The minimum atomic E-state index is -0.0681. The van der Waals surface area contributed by atoms with Gasteiger partial charge in [0.15, 0.2) is 11.0 Å². The van der Waals surface area contributed by atoms with Crippen molar-refractivity contribution in [2.24, 2.45) is 0 Å². The van der Waals surface area contributed by atoms with Crippen LogP contribution in [0.15, 0.2) is 41.6 Å². The van der Waals surface area contributed by atoms with Crippen LogP contribution in [-0.2, 0) is 24.4 Å². The third-order valence-corrected chi connectivity index (χ3v) is 6.46. The van der Waals surface area contributed by atoms with E-state index in [2.05, 4.69) is 22.4 Å². The molecule has 0 aliphatic carbocycles. The molecule has 3 aromatic rings. The average molecular weight is 459 g/mol. The van der Waals surface area contributed by atoms with E-state index in [1.54, 1.807) is 0 Å². The number of para-hydroxylation sites is 1. The van der Waals surface area contributed by atoms with Crippen molar-refractivity contribution in [3.05, 3.63) is 63.9 Å². The number of halogens is 1. The highest BCUT2D eigenvalue weighted by atomic mass is 35.5. The lowest BCUT2D eigenvalue weighted by Gasteiger charge is -2.11. The lowest BCUT2D eigenvalue weighted by atomic mass is 10.1. The number of anilines is 1. The Balaban J connectivity index is 1.61. The summed E-state index contributed by atoms with van der Waals surface area (Å²) >= 11 is 7.59. The number of nitrogens with zero attached hydrogens (tertiary/aromatic N) is 3. The summed E-state index contributed by atoms with van der Waals surface area (Å²) in [5.74, 6) is 1.65. The van der Waals surface area contributed by atoms with Crippen molar-refractivity contribution in [2.45, 2.75) is 52.4 Å². The summed E-state index contributed by atoms with van der Waals surface area (Å²) < 4.78 is 7.89. The Morgan fingerprint density at radius 1 is 1.16 bits per heavy atom. The predicted molar refractivity (Wildman–Crippen MR) is 126 cm³/mol. The van der Waals surface area contributed by atoms with Gasteiger partial charge in [0, 0.05) is 17.3 Å². The molecule has 0 spiro atoms. The Morgan fingerprint density at radius 3 is 2.55 bits per heavy atom. The number of carbonyl (C=O) groups is 1. The quantitative estimate of drug-likeness (QED) is 0.432. The Morgan fingerprint density at radius 2 is 1.87 bits per heavy atom. The lowest BCUT2D eigenvalue weighted by molar-refractivity contribution is -0.113. The highest BCUT2D eigenvalue weighted by molar-refractivity contribution is 7.99. The third-order valence-electron chi connectivity index (χ3n) is 4.89. The molecule has 1 heterocycles. The van der Waals surface area contributed by atoms with Crippen LogP contribution < -0.4 is 10.1 Å². The van der Waals surface area contributed by atoms with Crippen LogP contribution in [0.5, 0.6) is 5.75 Å². The number of aryl methyl sites for hydroxylation is 3. The number of hydrogen-bond acceptors (Lipinski definition) is 5. The molecule has 0 aliphatic rings. The highest BCUT2D eigenvalue weighted by Gasteiger charge is 2.15. The van der Waals surface area contributed by atoms with Crippen LogP contribution in [0.4, 0.5) is 5.69 Å². The van der Waals surface area contributed by atoms with Crippen LogP contribution in [0.25, 0.3) is 0 Å². The average Bonchev–Trinajstić information content (AvgIpc) is 3.16. The summed E-state index contributed by atoms with van der Waals surface area (Å²) in [6, 6.07) is 11.7. The first-order chi connectivity index (χ1) is 14.9. The van der Waals surface area contributed by atoms with Crippen LogP contribution in [0.3, 0.4) is 0 Å². The number of carbonyl (C=O) groups excluding carboxylic acids is 1. The number of ether oxygens (including phenoxy) is 1. The lowest BCUT2D eigenvalue weighted by Crippen LogP contribution is -2.16. The van der Waals surface area contributed by atoms with Crippen molar-refractivity contribution in [1.29, 1.82) is 0 Å². The normalized spacial score (nSPS) is 10.9. The molecular formula is C23H27ClN4O2S. The molecule has 1 aromatic heterocycles. The maximum absolute atomic E-state index is 12.4. The standard InChI is InChI=1S/C23H27ClN4O2S/c1-5-17-9-7-8-10-19(17)25-21(29)14-31-23-27-26-20(28(23)6-2)13-30-18-11-15(3)22(24)16(4)12-18/h7-12H,5-6,13-14H2,1-4H3,(H,25,29). The summed E-state index contributed by atoms with van der Waals surface area (Å²) in [6.07, 6.45) is 0.865. The number of aromatic nitrogens is 3. The van der Waals surface area contributed by atoms with E-state index in [9.17, 15) is 4.79 Å². The zero-order chi connectivity index (χ0) is 22.4. The predicted octanol–water partition coefficient (Wildman–Crippen LogP) is 5.44. The topological polar surface area (TPSA) is 69.0 Å². The van der Waals surface area contributed by atoms with Crippen molar-refractivity contribution in [1.82, 2.24) is 14.8 Å². The molecule has 2 aromatic carbocycles. The van der Waals surface area contributed by atoms with E-state index in [4.69, 9.17) is 16.3 Å². The molecule has 1 N–H and O–H groups in total. The molecular weight excluding hydrogens is 432 g/mol. The smallest absolute Gasteiger partial charge is 0.234 e. The highest BCUT2D eigenvalue weighted by Crippen LogP contribution is 2.27. The van der Waals surface area contributed by atoms with Gasteiger partial charge in [0.05, 0.1) is 5.75 Å². The van der Waals surface area contributed by atoms with Gasteiger partial charge >= 0.3 is 0 Å². The Kier molecular flexibility index (Phi) is 7.98. The zero-order valence-corrected chi connectivity index (χ0v) is 19.8. The van der Waals surface area contributed by atoms with E-state index in [-0.39, 0.29) is 18.3 Å². The molecule has 0 bridgehead atoms. The third kappa shape index (κ3) is 5.80. The summed E-state index contributed by atoms with van der Waals surface area (Å²) in [7, 11) is 0. The van der Waals surface area contributed by atoms with Crippen molar-refractivity contribution in [3.63, 3.8) is 0 Å². The van der Waals surface area contributed by atoms with Crippen molar-refractivity contribution in [3.8, 4) is 5.75 Å². The first-order valence-corrected chi connectivity index (χ1v) is 11.6. The fourth-order valence-electron chi connectivity index (χ4n) is 3.25.